The van der Waals surface area contributed by atoms with E-state index in [1.54, 1.807) is 12.1 Å². The Morgan fingerprint density at radius 3 is 2.62 bits per heavy atom. The van der Waals surface area contributed by atoms with Crippen LogP contribution in [0, 0.1) is 17.1 Å². The number of rotatable bonds is 7. The Kier molecular flexibility index (Phi) is 4.87. The normalized spacial score (nSPS) is 15.3. The fourth-order valence-corrected chi connectivity index (χ4v) is 3.83. The molecule has 1 heterocycles. The van der Waals surface area contributed by atoms with Gasteiger partial charge in [-0.2, -0.15) is 0 Å². The molecule has 1 fully saturated rings. The number of Topliss-reactive ketones (excluding diaryl/α,β-unsaturated/α-hetero) is 1. The van der Waals surface area contributed by atoms with Gasteiger partial charge in [-0.15, -0.1) is 11.3 Å². The third kappa shape index (κ3) is 3.30. The topological polar surface area (TPSA) is 79.8 Å². The van der Waals surface area contributed by atoms with Crippen LogP contribution in [0.5, 0.6) is 0 Å². The first-order chi connectivity index (χ1) is 11.5. The molecular weight excluding hydrogens is 325 g/mol. The summed E-state index contributed by atoms with van der Waals surface area (Å²) in [6.45, 7) is 2.18. The molecule has 1 saturated carbocycles. The Bertz CT molecular complexity index is 761. The number of nitrogens with one attached hydrogen (secondary N) is 1. The second kappa shape index (κ2) is 6.91. The van der Waals surface area contributed by atoms with Crippen molar-refractivity contribution >= 4 is 22.8 Å². The maximum absolute atomic E-state index is 13.2. The van der Waals surface area contributed by atoms with E-state index in [4.69, 9.17) is 11.1 Å². The lowest BCUT2D eigenvalue weighted by molar-refractivity contribution is 0.105. The zero-order valence-electron chi connectivity index (χ0n) is 13.5. The molecule has 0 radical (unpaired) electrons. The summed E-state index contributed by atoms with van der Waals surface area (Å²) in [4.78, 5) is 18.1. The van der Waals surface area contributed by atoms with Crippen LogP contribution in [-0.4, -0.2) is 23.0 Å². The highest BCUT2D eigenvalue weighted by atomic mass is 32.1. The van der Waals surface area contributed by atoms with Crippen molar-refractivity contribution in [1.29, 1.82) is 5.41 Å². The quantitative estimate of drug-likeness (QED) is 0.587. The maximum Gasteiger partial charge on any atom is 0.226 e. The summed E-state index contributed by atoms with van der Waals surface area (Å²) in [7, 11) is 0. The number of hydrogen-bond donors (Lipinski definition) is 2. The van der Waals surface area contributed by atoms with Gasteiger partial charge in [-0.05, 0) is 37.0 Å². The van der Waals surface area contributed by atoms with Crippen molar-refractivity contribution in [1.82, 2.24) is 4.98 Å². The van der Waals surface area contributed by atoms with E-state index >= 15 is 0 Å². The van der Waals surface area contributed by atoms with Gasteiger partial charge in [0, 0.05) is 18.4 Å². The van der Waals surface area contributed by atoms with E-state index < -0.39 is 0 Å². The number of halogens is 1. The third-order valence-electron chi connectivity index (χ3n) is 4.32. The molecular formula is C18H20FN3OS. The lowest BCUT2D eigenvalue weighted by Gasteiger charge is -2.12. The molecule has 1 atom stereocenters. The molecule has 0 saturated heterocycles. The van der Waals surface area contributed by atoms with Crippen LogP contribution in [0.3, 0.4) is 0 Å². The number of ketones is 1. The average Bonchev–Trinajstić information content (AvgIpc) is 3.35. The van der Waals surface area contributed by atoms with Gasteiger partial charge in [0.05, 0.1) is 15.6 Å². The monoisotopic (exact) mass is 345 g/mol. The second-order valence-electron chi connectivity index (χ2n) is 6.09. The summed E-state index contributed by atoms with van der Waals surface area (Å²) >= 11 is 1.48. The van der Waals surface area contributed by atoms with Gasteiger partial charge in [-0.3, -0.25) is 4.79 Å². The number of aromatic nitrogens is 1. The smallest absolute Gasteiger partial charge is 0.226 e. The molecule has 1 aromatic carbocycles. The molecule has 0 aliphatic heterocycles. The predicted octanol–water partition coefficient (Wildman–Crippen LogP) is 4.01. The summed E-state index contributed by atoms with van der Waals surface area (Å²) in [5, 5.41) is 9.13. The van der Waals surface area contributed by atoms with Crippen molar-refractivity contribution in [2.75, 3.05) is 6.54 Å². The molecule has 3 rings (SSSR count). The zero-order chi connectivity index (χ0) is 17.3. The van der Waals surface area contributed by atoms with Crippen molar-refractivity contribution in [3.05, 3.63) is 40.8 Å². The molecule has 1 aliphatic carbocycles. The van der Waals surface area contributed by atoms with Crippen molar-refractivity contribution < 1.29 is 9.18 Å². The van der Waals surface area contributed by atoms with Crippen LogP contribution in [0.4, 0.5) is 4.39 Å². The first-order valence-electron chi connectivity index (χ1n) is 8.15. The van der Waals surface area contributed by atoms with Crippen molar-refractivity contribution in [2.24, 2.45) is 11.7 Å². The molecule has 4 nitrogen and oxygen atoms in total. The van der Waals surface area contributed by atoms with Crippen LogP contribution in [0.2, 0.25) is 0 Å². The predicted molar refractivity (Wildman–Crippen MR) is 94.4 cm³/mol. The highest BCUT2D eigenvalue weighted by Crippen LogP contribution is 2.45. The van der Waals surface area contributed by atoms with E-state index in [9.17, 15) is 9.18 Å². The number of carbonyl (C=O) groups is 1. The van der Waals surface area contributed by atoms with E-state index in [1.807, 2.05) is 6.92 Å². The Hall–Kier alpha value is -1.92. The molecule has 0 amide bonds. The molecule has 126 valence electrons. The van der Waals surface area contributed by atoms with E-state index in [0.29, 0.717) is 18.0 Å². The lowest BCUT2D eigenvalue weighted by Crippen LogP contribution is -2.29. The van der Waals surface area contributed by atoms with E-state index in [2.05, 4.69) is 4.98 Å². The number of nitrogens with two attached hydrogens (primary N) is 1. The van der Waals surface area contributed by atoms with E-state index in [-0.39, 0.29) is 29.8 Å². The summed E-state index contributed by atoms with van der Waals surface area (Å²) in [5.41, 5.74) is 6.76. The minimum absolute atomic E-state index is 0.0102. The number of benzene rings is 1. The summed E-state index contributed by atoms with van der Waals surface area (Å²) in [5.74, 6) is -0.527. The molecule has 0 spiro atoms. The molecule has 3 N–H and O–H groups in total. The fraction of sp³-hybridized carbons (Fsp3) is 0.389. The van der Waals surface area contributed by atoms with Crippen molar-refractivity contribution in [3.63, 3.8) is 0 Å². The maximum atomic E-state index is 13.2. The van der Waals surface area contributed by atoms with E-state index in [0.717, 1.165) is 28.3 Å². The Labute approximate surface area is 144 Å². The first-order valence-corrected chi connectivity index (χ1v) is 8.96. The summed E-state index contributed by atoms with van der Waals surface area (Å²) in [6.07, 6.45) is 2.82. The minimum atomic E-state index is -0.366. The molecule has 0 unspecified atom stereocenters. The zero-order valence-corrected chi connectivity index (χ0v) is 14.3. The number of hydrogen-bond acceptors (Lipinski definition) is 5. The minimum Gasteiger partial charge on any atom is -0.330 e. The van der Waals surface area contributed by atoms with Crippen LogP contribution in [-0.2, 0) is 0 Å². The van der Waals surface area contributed by atoms with Crippen molar-refractivity contribution in [3.8, 4) is 10.4 Å². The molecule has 2 aromatic rings. The summed E-state index contributed by atoms with van der Waals surface area (Å²) < 4.78 is 13.2. The molecule has 0 bridgehead atoms. The molecule has 1 aliphatic rings. The van der Waals surface area contributed by atoms with Crippen LogP contribution in [0.25, 0.3) is 10.4 Å². The van der Waals surface area contributed by atoms with Gasteiger partial charge in [0.2, 0.25) is 5.78 Å². The van der Waals surface area contributed by atoms with Crippen LogP contribution < -0.4 is 5.73 Å². The first kappa shape index (κ1) is 16.9. The second-order valence-corrected chi connectivity index (χ2v) is 7.13. The Balaban J connectivity index is 2.01. The highest BCUT2D eigenvalue weighted by Gasteiger charge is 2.32. The van der Waals surface area contributed by atoms with Gasteiger partial charge in [-0.1, -0.05) is 19.1 Å². The van der Waals surface area contributed by atoms with E-state index in [1.165, 1.54) is 23.5 Å². The van der Waals surface area contributed by atoms with Crippen LogP contribution >= 0.6 is 11.3 Å². The van der Waals surface area contributed by atoms with Crippen LogP contribution in [0.1, 0.15) is 47.6 Å². The number of carbonyl (C=O) groups excluding carboxylic acids is 1. The average molecular weight is 345 g/mol. The number of nitrogens with zero attached hydrogens (tertiary/aromatic N) is 1. The summed E-state index contributed by atoms with van der Waals surface area (Å²) in [6, 6.07) is 6.06. The van der Waals surface area contributed by atoms with Gasteiger partial charge < -0.3 is 11.1 Å². The molecule has 24 heavy (non-hydrogen) atoms. The third-order valence-corrected chi connectivity index (χ3v) is 5.59. The number of thiazole rings is 1. The standard InChI is InChI=1S/C18H20FN3OS/c1-2-10(9-20)14(21)16(23)15-17(11-5-7-13(19)8-6-11)24-18(22-15)12-3-4-12/h5-8,10,12,21H,2-4,9,20H2,1H3/t10-/m0/s1. The van der Waals surface area contributed by atoms with Gasteiger partial charge in [0.25, 0.3) is 0 Å². The van der Waals surface area contributed by atoms with Gasteiger partial charge in [0.15, 0.2) is 0 Å². The largest absolute Gasteiger partial charge is 0.330 e. The Morgan fingerprint density at radius 1 is 1.42 bits per heavy atom. The Morgan fingerprint density at radius 2 is 2.08 bits per heavy atom. The fourth-order valence-electron chi connectivity index (χ4n) is 2.59. The van der Waals surface area contributed by atoms with Crippen LogP contribution in [0.15, 0.2) is 24.3 Å². The molecule has 1 aromatic heterocycles. The van der Waals surface area contributed by atoms with Gasteiger partial charge >= 0.3 is 0 Å². The van der Waals surface area contributed by atoms with Gasteiger partial charge in [0.1, 0.15) is 11.5 Å². The van der Waals surface area contributed by atoms with Crippen molar-refractivity contribution in [2.45, 2.75) is 32.1 Å². The highest BCUT2D eigenvalue weighted by molar-refractivity contribution is 7.15. The SMILES string of the molecule is CC[C@@H](CN)C(=N)C(=O)c1nc(C2CC2)sc1-c1ccc(F)cc1. The van der Waals surface area contributed by atoms with Gasteiger partial charge in [-0.25, -0.2) is 9.37 Å². The molecule has 6 heteroatoms. The lowest BCUT2D eigenvalue weighted by atomic mass is 9.95.